The zero-order chi connectivity index (χ0) is 3.54. The molecule has 0 amide bonds. The molecule has 0 saturated carbocycles. The predicted octanol–water partition coefficient (Wildman–Crippen LogP) is 1.31. The topological polar surface area (TPSA) is 0 Å². The van der Waals surface area contributed by atoms with Crippen LogP contribution in [0.4, 0.5) is 0 Å². The van der Waals surface area contributed by atoms with Gasteiger partial charge in [0.1, 0.15) is 0 Å². The fourth-order valence-corrected chi connectivity index (χ4v) is 0.340. The molecule has 0 unspecified atom stereocenters. The molecule has 0 bridgehead atoms. The first-order valence-electron chi connectivity index (χ1n) is 1.72. The molecular weight excluding hydrogens is 210 g/mol. The van der Waals surface area contributed by atoms with Crippen LogP contribution in [0.15, 0.2) is 18.2 Å². The molecule has 0 N–H and O–H groups in total. The van der Waals surface area contributed by atoms with Crippen LogP contribution in [0.5, 0.6) is 0 Å². The largest absolute Gasteiger partial charge is 0.273 e. The van der Waals surface area contributed by atoms with E-state index in [1.165, 1.54) is 0 Å². The van der Waals surface area contributed by atoms with Gasteiger partial charge in [-0.05, 0) is 0 Å². The van der Waals surface area contributed by atoms with Crippen LogP contribution in [0.25, 0.3) is 0 Å². The third-order valence-corrected chi connectivity index (χ3v) is 0.586. The maximum atomic E-state index is 2.99. The van der Waals surface area contributed by atoms with Crippen molar-refractivity contribution < 1.29 is 40.4 Å². The van der Waals surface area contributed by atoms with E-state index in [9.17, 15) is 0 Å². The Bertz CT molecular complexity index is 62.0. The summed E-state index contributed by atoms with van der Waals surface area (Å²) in [5.41, 5.74) is 0. The summed E-state index contributed by atoms with van der Waals surface area (Å²) in [6.45, 7) is 0. The molecule has 0 fully saturated rings. The monoisotopic (exact) mass is 217 g/mol. The molecule has 0 aromatic heterocycles. The van der Waals surface area contributed by atoms with E-state index in [0.29, 0.717) is 0 Å². The molecule has 32 valence electrons. The van der Waals surface area contributed by atoms with Crippen LogP contribution in [0.2, 0.25) is 0 Å². The Morgan fingerprint density at radius 2 is 2.33 bits per heavy atom. The van der Waals surface area contributed by atoms with Crippen LogP contribution in [-0.2, 0) is 0 Å². The summed E-state index contributed by atoms with van der Waals surface area (Å²) in [7, 11) is 0. The van der Waals surface area contributed by atoms with Crippen LogP contribution in [0.3, 0.4) is 0 Å². The zero-order valence-corrected chi connectivity index (χ0v) is 5.97. The van der Waals surface area contributed by atoms with Gasteiger partial charge in [-0.2, -0.15) is 6.08 Å². The van der Waals surface area contributed by atoms with E-state index >= 15 is 0 Å². The van der Waals surface area contributed by atoms with Crippen LogP contribution in [0.1, 0.15) is 6.42 Å². The third-order valence-electron chi connectivity index (χ3n) is 0.586. The molecule has 0 aliphatic heterocycles. The van der Waals surface area contributed by atoms with Crippen molar-refractivity contribution in [2.45, 2.75) is 6.42 Å². The van der Waals surface area contributed by atoms with E-state index in [-0.39, 0.29) is 40.4 Å². The SMILES string of the molecule is [C-]1=CC=CC1.[Sm]. The molecule has 0 aromatic rings. The van der Waals surface area contributed by atoms with E-state index < -0.39 is 0 Å². The molecular formula is C5H5Sm-. The van der Waals surface area contributed by atoms with Gasteiger partial charge in [0.2, 0.25) is 0 Å². The van der Waals surface area contributed by atoms with Crippen molar-refractivity contribution >= 4 is 0 Å². The van der Waals surface area contributed by atoms with Gasteiger partial charge in [0.05, 0.1) is 0 Å². The van der Waals surface area contributed by atoms with Crippen molar-refractivity contribution in [1.82, 2.24) is 0 Å². The average Bonchev–Trinajstić information content (AvgIpc) is 1.76. The maximum Gasteiger partial charge on any atom is 0 e. The smallest absolute Gasteiger partial charge is 0 e. The standard InChI is InChI=1S/C5H5.Sm/c1-2-4-5-3-1;/h1-3H,4H2;/q-1;. The normalized spacial score (nSPS) is 14.7. The van der Waals surface area contributed by atoms with Gasteiger partial charge < -0.3 is 0 Å². The molecule has 0 nitrogen and oxygen atoms in total. The fourth-order valence-electron chi connectivity index (χ4n) is 0.340. The third kappa shape index (κ3) is 2.07. The van der Waals surface area contributed by atoms with Crippen LogP contribution >= 0.6 is 0 Å². The molecule has 0 aromatic carbocycles. The molecule has 0 spiro atoms. The van der Waals surface area contributed by atoms with Crippen LogP contribution in [0, 0.1) is 46.5 Å². The maximum absolute atomic E-state index is 2.99. The van der Waals surface area contributed by atoms with E-state index in [1.807, 2.05) is 12.2 Å². The second-order valence-electron chi connectivity index (χ2n) is 1.00. The fraction of sp³-hybridized carbons (Fsp3) is 0.200. The number of allylic oxidation sites excluding steroid dienone is 4. The summed E-state index contributed by atoms with van der Waals surface area (Å²) in [5, 5.41) is 0. The second-order valence-corrected chi connectivity index (χ2v) is 1.00. The number of hydrogen-bond acceptors (Lipinski definition) is 0. The van der Waals surface area contributed by atoms with Crippen molar-refractivity contribution in [3.8, 4) is 0 Å². The molecule has 1 heteroatoms. The Kier molecular flexibility index (Phi) is 4.53. The first-order valence-corrected chi connectivity index (χ1v) is 1.72. The van der Waals surface area contributed by atoms with Crippen LogP contribution in [-0.4, -0.2) is 0 Å². The predicted molar refractivity (Wildman–Crippen MR) is 21.6 cm³/mol. The number of rotatable bonds is 0. The second kappa shape index (κ2) is 3.99. The molecule has 6 heavy (non-hydrogen) atoms. The van der Waals surface area contributed by atoms with Gasteiger partial charge in [0.25, 0.3) is 0 Å². The average molecular weight is 215 g/mol. The van der Waals surface area contributed by atoms with E-state index in [1.54, 1.807) is 0 Å². The van der Waals surface area contributed by atoms with Gasteiger partial charge in [-0.3, -0.25) is 6.08 Å². The first-order chi connectivity index (χ1) is 2.50. The quantitative estimate of drug-likeness (QED) is 0.535. The first kappa shape index (κ1) is 6.82. The zero-order valence-electron chi connectivity index (χ0n) is 3.35. The summed E-state index contributed by atoms with van der Waals surface area (Å²) in [4.78, 5) is 0. The van der Waals surface area contributed by atoms with Gasteiger partial charge in [-0.1, -0.05) is 0 Å². The summed E-state index contributed by atoms with van der Waals surface area (Å²) in [6, 6.07) is 0. The van der Waals surface area contributed by atoms with Crippen molar-refractivity contribution in [3.63, 3.8) is 0 Å². The summed E-state index contributed by atoms with van der Waals surface area (Å²) in [5.74, 6) is 0. The minimum absolute atomic E-state index is 0. The van der Waals surface area contributed by atoms with Crippen LogP contribution < -0.4 is 0 Å². The van der Waals surface area contributed by atoms with Crippen molar-refractivity contribution in [2.24, 2.45) is 0 Å². The van der Waals surface area contributed by atoms with Crippen molar-refractivity contribution in [2.75, 3.05) is 0 Å². The Labute approximate surface area is 70.4 Å². The molecule has 0 saturated heterocycles. The Hall–Kier alpha value is 0.818. The van der Waals surface area contributed by atoms with Gasteiger partial charge >= 0.3 is 0 Å². The molecule has 1 aliphatic carbocycles. The summed E-state index contributed by atoms with van der Waals surface area (Å²) >= 11 is 0. The van der Waals surface area contributed by atoms with Gasteiger partial charge in [-0.15, -0.1) is 6.42 Å². The summed E-state index contributed by atoms with van der Waals surface area (Å²) in [6.07, 6.45) is 10.0. The molecule has 0 radical (unpaired) electrons. The minimum Gasteiger partial charge on any atom is -0.273 e. The van der Waals surface area contributed by atoms with Gasteiger partial charge in [0, 0.05) is 40.4 Å². The number of hydrogen-bond donors (Lipinski definition) is 0. The minimum atomic E-state index is 0. The Balaban J connectivity index is 0.000000250. The van der Waals surface area contributed by atoms with E-state index in [2.05, 4.69) is 12.2 Å². The van der Waals surface area contributed by atoms with Gasteiger partial charge in [-0.25, -0.2) is 12.2 Å². The summed E-state index contributed by atoms with van der Waals surface area (Å²) < 4.78 is 0. The molecule has 0 atom stereocenters. The molecule has 0 heterocycles. The van der Waals surface area contributed by atoms with Crippen molar-refractivity contribution in [3.05, 3.63) is 24.3 Å². The Morgan fingerprint density at radius 3 is 2.50 bits per heavy atom. The van der Waals surface area contributed by atoms with Gasteiger partial charge in [0.15, 0.2) is 0 Å². The van der Waals surface area contributed by atoms with E-state index in [0.717, 1.165) is 6.42 Å². The van der Waals surface area contributed by atoms with E-state index in [4.69, 9.17) is 0 Å². The molecule has 1 aliphatic rings. The molecule has 1 rings (SSSR count). The van der Waals surface area contributed by atoms with Crippen molar-refractivity contribution in [1.29, 1.82) is 0 Å². The Morgan fingerprint density at radius 1 is 1.50 bits per heavy atom.